The fourth-order valence-corrected chi connectivity index (χ4v) is 2.81. The largest absolute Gasteiger partial charge is 0.383 e. The van der Waals surface area contributed by atoms with Gasteiger partial charge in [0.05, 0.1) is 10.5 Å². The second-order valence-corrected chi connectivity index (χ2v) is 5.88. The Kier molecular flexibility index (Phi) is 3.47. The predicted octanol–water partition coefficient (Wildman–Crippen LogP) is 4.80. The Morgan fingerprint density at radius 2 is 1.76 bits per heavy atom. The van der Waals surface area contributed by atoms with Crippen molar-refractivity contribution in [1.82, 2.24) is 9.97 Å². The van der Waals surface area contributed by atoms with E-state index in [1.54, 1.807) is 12.1 Å². The number of benzene rings is 2. The Labute approximate surface area is 132 Å². The molecule has 0 aliphatic rings. The molecule has 1 heterocycles. The summed E-state index contributed by atoms with van der Waals surface area (Å²) in [6, 6.07) is 9.52. The first kappa shape index (κ1) is 14.1. The molecule has 0 atom stereocenters. The summed E-state index contributed by atoms with van der Waals surface area (Å²) in [5.41, 5.74) is 9.85. The van der Waals surface area contributed by atoms with Crippen LogP contribution in [0.5, 0.6) is 0 Å². The predicted molar refractivity (Wildman–Crippen MR) is 88.9 cm³/mol. The second-order valence-electron chi connectivity index (χ2n) is 5.03. The maximum absolute atomic E-state index is 6.23. The highest BCUT2D eigenvalue weighted by atomic mass is 35.5. The molecule has 3 nitrogen and oxygen atoms in total. The summed E-state index contributed by atoms with van der Waals surface area (Å²) < 4.78 is 0. The summed E-state index contributed by atoms with van der Waals surface area (Å²) in [6.07, 6.45) is 0. The number of aromatic nitrogens is 2. The summed E-state index contributed by atoms with van der Waals surface area (Å²) in [5, 5.41) is 1.65. The maximum Gasteiger partial charge on any atom is 0.162 e. The lowest BCUT2D eigenvalue weighted by Gasteiger charge is -2.10. The minimum atomic E-state index is 0.375. The lowest BCUT2D eigenvalue weighted by atomic mass is 10.0. The van der Waals surface area contributed by atoms with E-state index in [9.17, 15) is 0 Å². The highest BCUT2D eigenvalue weighted by Crippen LogP contribution is 2.32. The molecule has 106 valence electrons. The highest BCUT2D eigenvalue weighted by Gasteiger charge is 2.12. The van der Waals surface area contributed by atoms with Gasteiger partial charge >= 0.3 is 0 Å². The molecule has 0 amide bonds. The average Bonchev–Trinajstić information content (AvgIpc) is 2.42. The van der Waals surface area contributed by atoms with Crippen molar-refractivity contribution in [3.05, 3.63) is 51.5 Å². The van der Waals surface area contributed by atoms with Crippen LogP contribution in [0.15, 0.2) is 30.3 Å². The standard InChI is InChI=1S/C16H13Cl2N3/c1-8-3-4-9(2)11(5-8)16-20-14-12(15(19)21-16)6-10(17)7-13(14)18/h3-7H,1-2H3,(H2,19,20,21). The van der Waals surface area contributed by atoms with Crippen LogP contribution in [0.2, 0.25) is 10.0 Å². The number of nitrogens with two attached hydrogens (primary N) is 1. The molecule has 2 aromatic carbocycles. The van der Waals surface area contributed by atoms with Crippen LogP contribution >= 0.6 is 23.2 Å². The Bertz CT molecular complexity index is 860. The molecule has 21 heavy (non-hydrogen) atoms. The van der Waals surface area contributed by atoms with Crippen LogP contribution in [0.3, 0.4) is 0 Å². The minimum Gasteiger partial charge on any atom is -0.383 e. The summed E-state index contributed by atoms with van der Waals surface area (Å²) in [5.74, 6) is 0.950. The van der Waals surface area contributed by atoms with E-state index in [2.05, 4.69) is 16.0 Å². The third-order valence-electron chi connectivity index (χ3n) is 3.38. The van der Waals surface area contributed by atoms with Crippen molar-refractivity contribution >= 4 is 39.9 Å². The molecule has 3 aromatic rings. The Morgan fingerprint density at radius 1 is 1.00 bits per heavy atom. The number of nitrogens with zero attached hydrogens (tertiary/aromatic N) is 2. The van der Waals surface area contributed by atoms with Gasteiger partial charge in [0.25, 0.3) is 0 Å². The van der Waals surface area contributed by atoms with E-state index in [0.29, 0.717) is 32.6 Å². The first-order chi connectivity index (χ1) is 9.95. The van der Waals surface area contributed by atoms with Crippen molar-refractivity contribution in [2.45, 2.75) is 13.8 Å². The maximum atomic E-state index is 6.23. The number of halogens is 2. The highest BCUT2D eigenvalue weighted by molar-refractivity contribution is 6.38. The summed E-state index contributed by atoms with van der Waals surface area (Å²) in [7, 11) is 0. The first-order valence-electron chi connectivity index (χ1n) is 6.45. The van der Waals surface area contributed by atoms with E-state index in [-0.39, 0.29) is 0 Å². The zero-order valence-corrected chi connectivity index (χ0v) is 13.1. The van der Waals surface area contributed by atoms with Crippen LogP contribution in [-0.4, -0.2) is 9.97 Å². The van der Waals surface area contributed by atoms with Gasteiger partial charge in [-0.3, -0.25) is 0 Å². The lowest BCUT2D eigenvalue weighted by Crippen LogP contribution is -1.99. The van der Waals surface area contributed by atoms with E-state index in [1.807, 2.05) is 26.0 Å². The van der Waals surface area contributed by atoms with Crippen molar-refractivity contribution in [1.29, 1.82) is 0 Å². The molecule has 5 heteroatoms. The van der Waals surface area contributed by atoms with E-state index in [0.717, 1.165) is 16.7 Å². The van der Waals surface area contributed by atoms with Gasteiger partial charge in [0, 0.05) is 16.0 Å². The second kappa shape index (κ2) is 5.17. The van der Waals surface area contributed by atoms with Crippen LogP contribution in [0, 0.1) is 13.8 Å². The molecule has 3 rings (SSSR count). The van der Waals surface area contributed by atoms with E-state index in [4.69, 9.17) is 28.9 Å². The summed E-state index contributed by atoms with van der Waals surface area (Å²) in [6.45, 7) is 4.04. The van der Waals surface area contributed by atoms with E-state index in [1.165, 1.54) is 0 Å². The molecule has 0 unspecified atom stereocenters. The van der Waals surface area contributed by atoms with Crippen molar-refractivity contribution in [3.8, 4) is 11.4 Å². The topological polar surface area (TPSA) is 51.8 Å². The summed E-state index contributed by atoms with van der Waals surface area (Å²) >= 11 is 12.2. The molecule has 1 aromatic heterocycles. The number of anilines is 1. The number of fused-ring (bicyclic) bond motifs is 1. The van der Waals surface area contributed by atoms with Crippen LogP contribution in [0.25, 0.3) is 22.3 Å². The van der Waals surface area contributed by atoms with Crippen LogP contribution in [0.4, 0.5) is 5.82 Å². The van der Waals surface area contributed by atoms with Crippen molar-refractivity contribution in [3.63, 3.8) is 0 Å². The fraction of sp³-hybridized carbons (Fsp3) is 0.125. The number of rotatable bonds is 1. The third-order valence-corrected chi connectivity index (χ3v) is 3.89. The van der Waals surface area contributed by atoms with Gasteiger partial charge in [0.2, 0.25) is 0 Å². The molecular formula is C16H13Cl2N3. The van der Waals surface area contributed by atoms with Crippen molar-refractivity contribution in [2.24, 2.45) is 0 Å². The zero-order valence-electron chi connectivity index (χ0n) is 11.6. The molecule has 0 fully saturated rings. The number of hydrogen-bond acceptors (Lipinski definition) is 3. The Hall–Kier alpha value is -1.84. The van der Waals surface area contributed by atoms with Crippen molar-refractivity contribution < 1.29 is 0 Å². The fourth-order valence-electron chi connectivity index (χ4n) is 2.28. The number of nitrogen functional groups attached to an aromatic ring is 1. The first-order valence-corrected chi connectivity index (χ1v) is 7.21. The Balaban J connectivity index is 2.33. The molecule has 0 saturated carbocycles. The van der Waals surface area contributed by atoms with Gasteiger partial charge in [0.15, 0.2) is 5.82 Å². The van der Waals surface area contributed by atoms with Crippen LogP contribution < -0.4 is 5.73 Å². The average molecular weight is 318 g/mol. The third kappa shape index (κ3) is 2.55. The quantitative estimate of drug-likeness (QED) is 0.701. The molecule has 0 bridgehead atoms. The van der Waals surface area contributed by atoms with Gasteiger partial charge in [-0.05, 0) is 37.6 Å². The molecule has 0 spiro atoms. The van der Waals surface area contributed by atoms with Gasteiger partial charge in [-0.25, -0.2) is 9.97 Å². The van der Waals surface area contributed by atoms with Crippen LogP contribution in [0.1, 0.15) is 11.1 Å². The molecule has 0 saturated heterocycles. The smallest absolute Gasteiger partial charge is 0.162 e. The van der Waals surface area contributed by atoms with Gasteiger partial charge < -0.3 is 5.73 Å². The molecule has 0 radical (unpaired) electrons. The zero-order chi connectivity index (χ0) is 15.1. The lowest BCUT2D eigenvalue weighted by molar-refractivity contribution is 1.21. The molecule has 0 aliphatic carbocycles. The normalized spacial score (nSPS) is 11.0. The van der Waals surface area contributed by atoms with Gasteiger partial charge in [0.1, 0.15) is 5.82 Å². The Morgan fingerprint density at radius 3 is 2.52 bits per heavy atom. The summed E-state index contributed by atoms with van der Waals surface area (Å²) in [4.78, 5) is 8.97. The molecule has 0 aliphatic heterocycles. The van der Waals surface area contributed by atoms with Crippen LogP contribution in [-0.2, 0) is 0 Å². The van der Waals surface area contributed by atoms with Crippen molar-refractivity contribution in [2.75, 3.05) is 5.73 Å². The minimum absolute atomic E-state index is 0.375. The SMILES string of the molecule is Cc1ccc(C)c(-c2nc(N)c3cc(Cl)cc(Cl)c3n2)c1. The van der Waals surface area contributed by atoms with E-state index >= 15 is 0 Å². The van der Waals surface area contributed by atoms with Gasteiger partial charge in [-0.2, -0.15) is 0 Å². The monoisotopic (exact) mass is 317 g/mol. The number of aryl methyl sites for hydroxylation is 2. The van der Waals surface area contributed by atoms with Gasteiger partial charge in [-0.15, -0.1) is 0 Å². The molecular weight excluding hydrogens is 305 g/mol. The van der Waals surface area contributed by atoms with E-state index < -0.39 is 0 Å². The number of hydrogen-bond donors (Lipinski definition) is 1. The van der Waals surface area contributed by atoms with Gasteiger partial charge in [-0.1, -0.05) is 40.9 Å². The molecule has 2 N–H and O–H groups in total.